The second-order valence-corrected chi connectivity index (χ2v) is 5.91. The molecule has 0 aliphatic rings. The monoisotopic (exact) mass is 323 g/mol. The molecule has 1 aromatic rings. The smallest absolute Gasteiger partial charge is 0.411 e. The van der Waals surface area contributed by atoms with Crippen molar-refractivity contribution in [3.05, 3.63) is 24.3 Å². The van der Waals surface area contributed by atoms with Gasteiger partial charge in [-0.15, -0.1) is 0 Å². The summed E-state index contributed by atoms with van der Waals surface area (Å²) in [6.45, 7) is 6.66. The number of carbonyl (C=O) groups is 2. The lowest BCUT2D eigenvalue weighted by atomic mass is 10.2. The number of rotatable bonds is 6. The Morgan fingerprint density at radius 1 is 1.09 bits per heavy atom. The van der Waals surface area contributed by atoms with Crippen LogP contribution >= 0.6 is 0 Å². The number of anilines is 2. The lowest BCUT2D eigenvalue weighted by molar-refractivity contribution is 0.0527. The molecule has 0 heterocycles. The SMILES string of the molecule is COC(=O)Nc1cccc(NCCCNC(=O)OC(C)(C)C)c1. The van der Waals surface area contributed by atoms with Crippen LogP contribution in [0.4, 0.5) is 21.0 Å². The predicted octanol–water partition coefficient (Wildman–Crippen LogP) is 3.19. The van der Waals surface area contributed by atoms with Gasteiger partial charge in [-0.3, -0.25) is 5.32 Å². The quantitative estimate of drug-likeness (QED) is 0.700. The number of hydrogen-bond donors (Lipinski definition) is 3. The fourth-order valence-electron chi connectivity index (χ4n) is 1.70. The molecule has 0 unspecified atom stereocenters. The van der Waals surface area contributed by atoms with Gasteiger partial charge >= 0.3 is 12.2 Å². The molecule has 0 aliphatic carbocycles. The Balaban J connectivity index is 2.27. The second-order valence-electron chi connectivity index (χ2n) is 5.91. The number of nitrogens with one attached hydrogen (secondary N) is 3. The van der Waals surface area contributed by atoms with E-state index in [2.05, 4.69) is 20.7 Å². The molecule has 128 valence electrons. The Kier molecular flexibility index (Phi) is 7.18. The highest BCUT2D eigenvalue weighted by Gasteiger charge is 2.15. The van der Waals surface area contributed by atoms with Crippen LogP contribution in [0.25, 0.3) is 0 Å². The minimum absolute atomic E-state index is 0.415. The number of benzene rings is 1. The first-order valence-corrected chi connectivity index (χ1v) is 7.46. The summed E-state index contributed by atoms with van der Waals surface area (Å²) in [7, 11) is 1.31. The average Bonchev–Trinajstić information content (AvgIpc) is 2.45. The number of hydrogen-bond acceptors (Lipinski definition) is 5. The fourth-order valence-corrected chi connectivity index (χ4v) is 1.70. The van der Waals surface area contributed by atoms with E-state index in [0.717, 1.165) is 12.1 Å². The van der Waals surface area contributed by atoms with Crippen molar-refractivity contribution >= 4 is 23.6 Å². The third-order valence-electron chi connectivity index (χ3n) is 2.65. The largest absolute Gasteiger partial charge is 0.453 e. The topological polar surface area (TPSA) is 88.7 Å². The molecule has 1 rings (SSSR count). The minimum atomic E-state index is -0.510. The maximum absolute atomic E-state index is 11.5. The molecule has 0 fully saturated rings. The van der Waals surface area contributed by atoms with Gasteiger partial charge in [0.25, 0.3) is 0 Å². The summed E-state index contributed by atoms with van der Waals surface area (Å²) >= 11 is 0. The molecule has 7 nitrogen and oxygen atoms in total. The maximum Gasteiger partial charge on any atom is 0.411 e. The van der Waals surface area contributed by atoms with Crippen LogP contribution in [0.15, 0.2) is 24.3 Å². The standard InChI is InChI=1S/C16H25N3O4/c1-16(2,3)23-14(20)18-10-6-9-17-12-7-5-8-13(11-12)19-15(21)22-4/h5,7-8,11,17H,6,9-10H2,1-4H3,(H,18,20)(H,19,21). The van der Waals surface area contributed by atoms with E-state index in [1.54, 1.807) is 12.1 Å². The molecule has 7 heteroatoms. The van der Waals surface area contributed by atoms with Gasteiger partial charge in [0.05, 0.1) is 7.11 Å². The molecule has 0 aliphatic heterocycles. The van der Waals surface area contributed by atoms with Gasteiger partial charge in [-0.1, -0.05) is 6.07 Å². The van der Waals surface area contributed by atoms with Crippen LogP contribution in [0, 0.1) is 0 Å². The Labute approximate surface area is 136 Å². The van der Waals surface area contributed by atoms with Crippen LogP contribution in [0.3, 0.4) is 0 Å². The first-order valence-electron chi connectivity index (χ1n) is 7.46. The predicted molar refractivity (Wildman–Crippen MR) is 89.8 cm³/mol. The van der Waals surface area contributed by atoms with Crippen LogP contribution < -0.4 is 16.0 Å². The molecule has 23 heavy (non-hydrogen) atoms. The maximum atomic E-state index is 11.5. The molecule has 0 saturated heterocycles. The fraction of sp³-hybridized carbons (Fsp3) is 0.500. The zero-order valence-corrected chi connectivity index (χ0v) is 14.1. The van der Waals surface area contributed by atoms with Crippen molar-refractivity contribution in [3.8, 4) is 0 Å². The second kappa shape index (κ2) is 8.87. The van der Waals surface area contributed by atoms with Crippen molar-refractivity contribution in [3.63, 3.8) is 0 Å². The average molecular weight is 323 g/mol. The van der Waals surface area contributed by atoms with Gasteiger partial charge in [0.1, 0.15) is 5.60 Å². The van der Waals surface area contributed by atoms with E-state index in [4.69, 9.17) is 4.74 Å². The minimum Gasteiger partial charge on any atom is -0.453 e. The van der Waals surface area contributed by atoms with Crippen LogP contribution in [-0.4, -0.2) is 38.0 Å². The molecule has 0 spiro atoms. The summed E-state index contributed by atoms with van der Waals surface area (Å²) in [4.78, 5) is 22.6. The van der Waals surface area contributed by atoms with E-state index in [1.807, 2.05) is 32.9 Å². The van der Waals surface area contributed by atoms with Crippen molar-refractivity contribution in [2.45, 2.75) is 32.8 Å². The Morgan fingerprint density at radius 3 is 2.43 bits per heavy atom. The van der Waals surface area contributed by atoms with Gasteiger partial charge in [-0.05, 0) is 45.4 Å². The molecular weight excluding hydrogens is 298 g/mol. The molecule has 0 radical (unpaired) electrons. The first kappa shape index (κ1) is 18.6. The van der Waals surface area contributed by atoms with E-state index in [0.29, 0.717) is 18.8 Å². The normalized spacial score (nSPS) is 10.6. The summed E-state index contributed by atoms with van der Waals surface area (Å²) in [6, 6.07) is 7.29. The van der Waals surface area contributed by atoms with Crippen molar-refractivity contribution in [1.29, 1.82) is 0 Å². The van der Waals surface area contributed by atoms with Gasteiger partial charge in [0, 0.05) is 24.5 Å². The van der Waals surface area contributed by atoms with Gasteiger partial charge < -0.3 is 20.1 Å². The number of carbonyl (C=O) groups excluding carboxylic acids is 2. The highest BCUT2D eigenvalue weighted by atomic mass is 16.6. The molecule has 3 N–H and O–H groups in total. The summed E-state index contributed by atoms with van der Waals surface area (Å²) in [5.74, 6) is 0. The van der Waals surface area contributed by atoms with E-state index < -0.39 is 17.8 Å². The Hall–Kier alpha value is -2.44. The Bertz CT molecular complexity index is 526. The molecule has 1 aromatic carbocycles. The van der Waals surface area contributed by atoms with Crippen molar-refractivity contribution in [2.75, 3.05) is 30.8 Å². The summed E-state index contributed by atoms with van der Waals surface area (Å²) in [5.41, 5.74) is 1.03. The molecule has 0 aromatic heterocycles. The number of amides is 2. The van der Waals surface area contributed by atoms with Crippen molar-refractivity contribution in [2.24, 2.45) is 0 Å². The summed E-state index contributed by atoms with van der Waals surface area (Å²) in [6.07, 6.45) is -0.182. The molecule has 0 atom stereocenters. The van der Waals surface area contributed by atoms with Gasteiger partial charge in [-0.25, -0.2) is 9.59 Å². The number of alkyl carbamates (subject to hydrolysis) is 1. The van der Waals surface area contributed by atoms with E-state index >= 15 is 0 Å². The third kappa shape index (κ3) is 8.55. The molecule has 0 bridgehead atoms. The van der Waals surface area contributed by atoms with Crippen LogP contribution in [-0.2, 0) is 9.47 Å². The highest BCUT2D eigenvalue weighted by molar-refractivity contribution is 5.85. The summed E-state index contributed by atoms with van der Waals surface area (Å²) in [5, 5.41) is 8.51. The van der Waals surface area contributed by atoms with E-state index in [1.165, 1.54) is 7.11 Å². The van der Waals surface area contributed by atoms with Gasteiger partial charge in [-0.2, -0.15) is 0 Å². The van der Waals surface area contributed by atoms with E-state index in [-0.39, 0.29) is 0 Å². The van der Waals surface area contributed by atoms with Gasteiger partial charge in [0.2, 0.25) is 0 Å². The number of ether oxygens (including phenoxy) is 2. The van der Waals surface area contributed by atoms with Crippen molar-refractivity contribution < 1.29 is 19.1 Å². The van der Waals surface area contributed by atoms with Crippen LogP contribution in [0.2, 0.25) is 0 Å². The zero-order chi connectivity index (χ0) is 17.3. The molecule has 0 saturated carbocycles. The van der Waals surface area contributed by atoms with E-state index in [9.17, 15) is 9.59 Å². The summed E-state index contributed by atoms with van der Waals surface area (Å²) < 4.78 is 9.68. The third-order valence-corrected chi connectivity index (χ3v) is 2.65. The Morgan fingerprint density at radius 2 is 1.78 bits per heavy atom. The van der Waals surface area contributed by atoms with Gasteiger partial charge in [0.15, 0.2) is 0 Å². The van der Waals surface area contributed by atoms with Crippen molar-refractivity contribution in [1.82, 2.24) is 5.32 Å². The highest BCUT2D eigenvalue weighted by Crippen LogP contribution is 2.15. The lowest BCUT2D eigenvalue weighted by Crippen LogP contribution is -2.33. The number of methoxy groups -OCH3 is 1. The van der Waals surface area contributed by atoms with Crippen LogP contribution in [0.5, 0.6) is 0 Å². The lowest BCUT2D eigenvalue weighted by Gasteiger charge is -2.19. The molecule has 2 amide bonds. The first-order chi connectivity index (χ1) is 10.8. The molecular formula is C16H25N3O4. The zero-order valence-electron chi connectivity index (χ0n) is 14.1. The van der Waals surface area contributed by atoms with Crippen LogP contribution in [0.1, 0.15) is 27.2 Å².